The summed E-state index contributed by atoms with van der Waals surface area (Å²) in [6.07, 6.45) is 3.12. The van der Waals surface area contributed by atoms with Crippen LogP contribution in [0.4, 0.5) is 5.69 Å². The van der Waals surface area contributed by atoms with Gasteiger partial charge in [0.2, 0.25) is 0 Å². The minimum absolute atomic E-state index is 0.133. The molecule has 5 nitrogen and oxygen atoms in total. The van der Waals surface area contributed by atoms with E-state index >= 15 is 0 Å². The molecule has 1 aromatic heterocycles. The Hall–Kier alpha value is -2.04. The Bertz CT molecular complexity index is 410. The summed E-state index contributed by atoms with van der Waals surface area (Å²) in [5, 5.41) is 16.9. The molecular weight excluding hydrogens is 168 g/mol. The number of hydrogen-bond acceptors (Lipinski definition) is 4. The Morgan fingerprint density at radius 3 is 2.54 bits per heavy atom. The highest BCUT2D eigenvalue weighted by Crippen LogP contribution is 2.20. The number of aromatic hydroxyl groups is 1. The molecule has 66 valence electrons. The van der Waals surface area contributed by atoms with E-state index in [0.717, 1.165) is 0 Å². The fraction of sp³-hybridized carbons (Fsp3) is 0. The molecule has 0 spiro atoms. The van der Waals surface area contributed by atoms with E-state index in [2.05, 4.69) is 10.2 Å². The standard InChI is InChI=1S/C8H8N4O/c9-7-5-6(13)1-2-8(7)12-10-3-4-11-12/h1-5,13H,9H2. The van der Waals surface area contributed by atoms with Crippen LogP contribution in [0.25, 0.3) is 5.69 Å². The molecule has 0 aliphatic rings. The molecule has 5 heteroatoms. The first kappa shape index (κ1) is 7.60. The summed E-state index contributed by atoms with van der Waals surface area (Å²) in [5.74, 6) is 0.133. The van der Waals surface area contributed by atoms with Crippen LogP contribution < -0.4 is 5.73 Å². The second-order valence-corrected chi connectivity index (χ2v) is 2.56. The van der Waals surface area contributed by atoms with E-state index < -0.39 is 0 Å². The lowest BCUT2D eigenvalue weighted by atomic mass is 10.2. The van der Waals surface area contributed by atoms with Crippen molar-refractivity contribution in [1.29, 1.82) is 0 Å². The summed E-state index contributed by atoms with van der Waals surface area (Å²) in [5.41, 5.74) is 6.75. The smallest absolute Gasteiger partial charge is 0.117 e. The molecule has 3 N–H and O–H groups in total. The maximum atomic E-state index is 9.10. The molecule has 0 aliphatic carbocycles. The summed E-state index contributed by atoms with van der Waals surface area (Å²) in [7, 11) is 0. The van der Waals surface area contributed by atoms with Gasteiger partial charge in [0.1, 0.15) is 11.4 Å². The minimum Gasteiger partial charge on any atom is -0.508 e. The van der Waals surface area contributed by atoms with E-state index in [1.165, 1.54) is 16.9 Å². The van der Waals surface area contributed by atoms with Gasteiger partial charge in [0.15, 0.2) is 0 Å². The van der Waals surface area contributed by atoms with Crippen LogP contribution in [-0.2, 0) is 0 Å². The maximum Gasteiger partial charge on any atom is 0.117 e. The van der Waals surface area contributed by atoms with Crippen LogP contribution >= 0.6 is 0 Å². The lowest BCUT2D eigenvalue weighted by Crippen LogP contribution is -2.02. The number of anilines is 1. The van der Waals surface area contributed by atoms with Crippen molar-refractivity contribution in [3.8, 4) is 11.4 Å². The molecule has 2 aromatic rings. The normalized spacial score (nSPS) is 10.2. The molecule has 0 fully saturated rings. The van der Waals surface area contributed by atoms with E-state index in [4.69, 9.17) is 10.8 Å². The van der Waals surface area contributed by atoms with E-state index in [-0.39, 0.29) is 5.75 Å². The fourth-order valence-electron chi connectivity index (χ4n) is 1.06. The predicted molar refractivity (Wildman–Crippen MR) is 47.4 cm³/mol. The number of benzene rings is 1. The highest BCUT2D eigenvalue weighted by Gasteiger charge is 2.02. The largest absolute Gasteiger partial charge is 0.508 e. The predicted octanol–water partition coefficient (Wildman–Crippen LogP) is 0.555. The van der Waals surface area contributed by atoms with Crippen molar-refractivity contribution in [2.75, 3.05) is 5.73 Å². The molecule has 0 radical (unpaired) electrons. The number of phenols is 1. The van der Waals surface area contributed by atoms with Gasteiger partial charge in [0.25, 0.3) is 0 Å². The number of aromatic nitrogens is 3. The van der Waals surface area contributed by atoms with E-state index in [1.807, 2.05) is 0 Å². The van der Waals surface area contributed by atoms with Crippen molar-refractivity contribution in [2.24, 2.45) is 0 Å². The monoisotopic (exact) mass is 176 g/mol. The first-order valence-electron chi connectivity index (χ1n) is 3.72. The zero-order valence-corrected chi connectivity index (χ0v) is 6.75. The SMILES string of the molecule is Nc1cc(O)ccc1-n1nccn1. The lowest BCUT2D eigenvalue weighted by molar-refractivity contribution is 0.475. The first-order chi connectivity index (χ1) is 6.27. The molecule has 13 heavy (non-hydrogen) atoms. The number of phenolic OH excluding ortho intramolecular Hbond substituents is 1. The highest BCUT2D eigenvalue weighted by atomic mass is 16.3. The van der Waals surface area contributed by atoms with Crippen molar-refractivity contribution in [3.05, 3.63) is 30.6 Å². The molecule has 0 aliphatic heterocycles. The van der Waals surface area contributed by atoms with Crippen molar-refractivity contribution in [1.82, 2.24) is 15.0 Å². The number of nitrogens with zero attached hydrogens (tertiary/aromatic N) is 3. The van der Waals surface area contributed by atoms with Gasteiger partial charge in [-0.3, -0.25) is 0 Å². The Morgan fingerprint density at radius 1 is 1.23 bits per heavy atom. The average Bonchev–Trinajstić information content (AvgIpc) is 2.56. The van der Waals surface area contributed by atoms with Gasteiger partial charge in [-0.2, -0.15) is 10.2 Å². The average molecular weight is 176 g/mol. The molecule has 1 heterocycles. The van der Waals surface area contributed by atoms with Gasteiger partial charge < -0.3 is 10.8 Å². The van der Waals surface area contributed by atoms with Gasteiger partial charge in [0, 0.05) is 6.07 Å². The van der Waals surface area contributed by atoms with Gasteiger partial charge >= 0.3 is 0 Å². The Morgan fingerprint density at radius 2 is 1.92 bits per heavy atom. The third-order valence-corrected chi connectivity index (χ3v) is 1.65. The van der Waals surface area contributed by atoms with Gasteiger partial charge in [-0.15, -0.1) is 4.80 Å². The molecule has 0 amide bonds. The molecule has 0 saturated heterocycles. The number of nitrogen functional groups attached to an aromatic ring is 1. The van der Waals surface area contributed by atoms with Crippen molar-refractivity contribution >= 4 is 5.69 Å². The Labute approximate surface area is 74.4 Å². The van der Waals surface area contributed by atoms with E-state index in [1.54, 1.807) is 18.5 Å². The summed E-state index contributed by atoms with van der Waals surface area (Å²) in [6.45, 7) is 0. The summed E-state index contributed by atoms with van der Waals surface area (Å²) in [4.78, 5) is 1.40. The van der Waals surface area contributed by atoms with Gasteiger partial charge in [-0.25, -0.2) is 0 Å². The third kappa shape index (κ3) is 1.31. The van der Waals surface area contributed by atoms with Gasteiger partial charge in [-0.1, -0.05) is 0 Å². The van der Waals surface area contributed by atoms with Crippen LogP contribution in [0, 0.1) is 0 Å². The summed E-state index contributed by atoms with van der Waals surface area (Å²) < 4.78 is 0. The van der Waals surface area contributed by atoms with E-state index in [9.17, 15) is 0 Å². The molecular formula is C8H8N4O. The van der Waals surface area contributed by atoms with Crippen LogP contribution in [0.5, 0.6) is 5.75 Å². The zero-order valence-electron chi connectivity index (χ0n) is 6.75. The number of nitrogens with two attached hydrogens (primary N) is 1. The first-order valence-corrected chi connectivity index (χ1v) is 3.72. The molecule has 0 bridgehead atoms. The van der Waals surface area contributed by atoms with E-state index in [0.29, 0.717) is 11.4 Å². The molecule has 0 saturated carbocycles. The van der Waals surface area contributed by atoms with Gasteiger partial charge in [0.05, 0.1) is 18.1 Å². The van der Waals surface area contributed by atoms with Crippen molar-refractivity contribution < 1.29 is 5.11 Å². The van der Waals surface area contributed by atoms with Crippen LogP contribution in [0.1, 0.15) is 0 Å². The Kier molecular flexibility index (Phi) is 1.63. The third-order valence-electron chi connectivity index (χ3n) is 1.65. The summed E-state index contributed by atoms with van der Waals surface area (Å²) >= 11 is 0. The van der Waals surface area contributed by atoms with Crippen LogP contribution in [0.2, 0.25) is 0 Å². The topological polar surface area (TPSA) is 77.0 Å². The van der Waals surface area contributed by atoms with Crippen LogP contribution in [-0.4, -0.2) is 20.1 Å². The Balaban J connectivity index is 2.53. The fourth-order valence-corrected chi connectivity index (χ4v) is 1.06. The maximum absolute atomic E-state index is 9.10. The molecule has 0 atom stereocenters. The highest BCUT2D eigenvalue weighted by molar-refractivity contribution is 5.59. The van der Waals surface area contributed by atoms with Crippen LogP contribution in [0.15, 0.2) is 30.6 Å². The quantitative estimate of drug-likeness (QED) is 0.622. The molecule has 0 unspecified atom stereocenters. The minimum atomic E-state index is 0.133. The molecule has 1 aromatic carbocycles. The summed E-state index contributed by atoms with van der Waals surface area (Å²) in [6, 6.07) is 4.65. The van der Waals surface area contributed by atoms with Crippen LogP contribution in [0.3, 0.4) is 0 Å². The second-order valence-electron chi connectivity index (χ2n) is 2.56. The number of rotatable bonds is 1. The van der Waals surface area contributed by atoms with Gasteiger partial charge in [-0.05, 0) is 12.1 Å². The van der Waals surface area contributed by atoms with Crippen molar-refractivity contribution in [2.45, 2.75) is 0 Å². The van der Waals surface area contributed by atoms with Crippen molar-refractivity contribution in [3.63, 3.8) is 0 Å². The lowest BCUT2D eigenvalue weighted by Gasteiger charge is -2.03. The number of hydrogen-bond donors (Lipinski definition) is 2. The second kappa shape index (κ2) is 2.78. The molecule has 2 rings (SSSR count). The zero-order chi connectivity index (χ0) is 9.26.